The molecule has 0 bridgehead atoms. The third-order valence-corrected chi connectivity index (χ3v) is 6.49. The van der Waals surface area contributed by atoms with Crippen molar-refractivity contribution in [2.45, 2.75) is 30.9 Å². The SMILES string of the molecule is Cc1oc(-c2ccc(C(F)(F)F)cc2)nc1CCOc1ccc(C2N[C@H](C(=O)O)CS2)cc1. The zero-order valence-corrected chi connectivity index (χ0v) is 18.4. The molecule has 6 nitrogen and oxygen atoms in total. The van der Waals surface area contributed by atoms with Crippen LogP contribution in [0.25, 0.3) is 11.5 Å². The molecule has 1 aromatic heterocycles. The topological polar surface area (TPSA) is 84.6 Å². The van der Waals surface area contributed by atoms with Crippen LogP contribution in [-0.4, -0.2) is 34.5 Å². The Kier molecular flexibility index (Phi) is 6.66. The number of ether oxygens (including phenoxy) is 1. The van der Waals surface area contributed by atoms with Crippen LogP contribution in [0.5, 0.6) is 5.75 Å². The third-order valence-electron chi connectivity index (χ3n) is 5.22. The van der Waals surface area contributed by atoms with Crippen LogP contribution < -0.4 is 10.1 Å². The highest BCUT2D eigenvalue weighted by Gasteiger charge is 2.31. The van der Waals surface area contributed by atoms with Gasteiger partial charge >= 0.3 is 12.1 Å². The molecule has 1 unspecified atom stereocenters. The molecule has 1 aliphatic rings. The van der Waals surface area contributed by atoms with E-state index in [9.17, 15) is 18.0 Å². The molecular formula is C23H21F3N2O4S. The number of hydrogen-bond donors (Lipinski definition) is 2. The molecule has 1 aliphatic heterocycles. The van der Waals surface area contributed by atoms with Crippen molar-refractivity contribution >= 4 is 17.7 Å². The fourth-order valence-electron chi connectivity index (χ4n) is 3.40. The van der Waals surface area contributed by atoms with E-state index in [0.29, 0.717) is 41.5 Å². The quantitative estimate of drug-likeness (QED) is 0.490. The van der Waals surface area contributed by atoms with Crippen molar-refractivity contribution in [1.29, 1.82) is 0 Å². The maximum absolute atomic E-state index is 12.7. The summed E-state index contributed by atoms with van der Waals surface area (Å²) in [6, 6.07) is 11.6. The van der Waals surface area contributed by atoms with Gasteiger partial charge in [0, 0.05) is 17.7 Å². The Labute approximate surface area is 192 Å². The van der Waals surface area contributed by atoms with Crippen LogP contribution in [0, 0.1) is 6.92 Å². The van der Waals surface area contributed by atoms with E-state index in [1.807, 2.05) is 24.3 Å². The van der Waals surface area contributed by atoms with Crippen LogP contribution in [0.1, 0.15) is 28.0 Å². The standard InChI is InChI=1S/C23H21F3N2O4S/c1-13-18(27-20(32-13)14-2-6-16(7-3-14)23(24,25)26)10-11-31-17-8-4-15(5-9-17)21-28-19(12-33-21)22(29)30/h2-9,19,21,28H,10-12H2,1H3,(H,29,30)/t19-,21?/m0/s1. The maximum Gasteiger partial charge on any atom is 0.416 e. The molecule has 0 amide bonds. The van der Waals surface area contributed by atoms with Gasteiger partial charge in [0.1, 0.15) is 17.6 Å². The minimum Gasteiger partial charge on any atom is -0.493 e. The van der Waals surface area contributed by atoms with Crippen molar-refractivity contribution in [2.75, 3.05) is 12.4 Å². The average Bonchev–Trinajstić information content (AvgIpc) is 3.41. The number of carbonyl (C=O) groups is 1. The van der Waals surface area contributed by atoms with Crippen molar-refractivity contribution in [3.63, 3.8) is 0 Å². The summed E-state index contributed by atoms with van der Waals surface area (Å²) in [5.74, 6) is 1.18. The number of benzene rings is 2. The average molecular weight is 478 g/mol. The van der Waals surface area contributed by atoms with Crippen LogP contribution in [0.4, 0.5) is 13.2 Å². The van der Waals surface area contributed by atoms with E-state index in [0.717, 1.165) is 17.7 Å². The number of aromatic nitrogens is 1. The van der Waals surface area contributed by atoms with Crippen LogP contribution >= 0.6 is 11.8 Å². The zero-order chi connectivity index (χ0) is 23.6. The maximum atomic E-state index is 12.7. The first-order chi connectivity index (χ1) is 15.7. The van der Waals surface area contributed by atoms with E-state index >= 15 is 0 Å². The molecule has 0 spiro atoms. The number of aryl methyl sites for hydroxylation is 1. The van der Waals surface area contributed by atoms with Crippen molar-refractivity contribution in [3.05, 3.63) is 71.1 Å². The molecule has 0 saturated carbocycles. The first-order valence-electron chi connectivity index (χ1n) is 10.2. The van der Waals surface area contributed by atoms with Crippen LogP contribution in [-0.2, 0) is 17.4 Å². The van der Waals surface area contributed by atoms with Gasteiger partial charge < -0.3 is 14.3 Å². The molecule has 2 aromatic carbocycles. The summed E-state index contributed by atoms with van der Waals surface area (Å²) in [6.45, 7) is 2.10. The highest BCUT2D eigenvalue weighted by Crippen LogP contribution is 2.34. The molecular weight excluding hydrogens is 457 g/mol. The fourth-order valence-corrected chi connectivity index (χ4v) is 4.63. The predicted molar refractivity (Wildman–Crippen MR) is 117 cm³/mol. The third kappa shape index (κ3) is 5.51. The zero-order valence-electron chi connectivity index (χ0n) is 17.6. The first-order valence-corrected chi connectivity index (χ1v) is 11.2. The Morgan fingerprint density at radius 2 is 1.91 bits per heavy atom. The number of carboxylic acid groups (broad SMARTS) is 1. The molecule has 3 aromatic rings. The minimum atomic E-state index is -4.39. The van der Waals surface area contributed by atoms with Gasteiger partial charge in [-0.05, 0) is 48.9 Å². The second-order valence-corrected chi connectivity index (χ2v) is 8.67. The predicted octanol–water partition coefficient (Wildman–Crippen LogP) is 5.08. The molecule has 174 valence electrons. The van der Waals surface area contributed by atoms with Crippen LogP contribution in [0.3, 0.4) is 0 Å². The molecule has 0 radical (unpaired) electrons. The summed E-state index contributed by atoms with van der Waals surface area (Å²) < 4.78 is 49.6. The first kappa shape index (κ1) is 23.2. The Balaban J connectivity index is 1.32. The number of nitrogens with one attached hydrogen (secondary N) is 1. The van der Waals surface area contributed by atoms with E-state index in [-0.39, 0.29) is 11.3 Å². The van der Waals surface area contributed by atoms with Gasteiger partial charge in [0.15, 0.2) is 0 Å². The summed E-state index contributed by atoms with van der Waals surface area (Å²) in [4.78, 5) is 15.5. The molecule has 2 N–H and O–H groups in total. The molecule has 33 heavy (non-hydrogen) atoms. The summed E-state index contributed by atoms with van der Waals surface area (Å²) >= 11 is 1.55. The Bertz CT molecular complexity index is 1110. The number of alkyl halides is 3. The number of hydrogen-bond acceptors (Lipinski definition) is 6. The second kappa shape index (κ2) is 9.48. The summed E-state index contributed by atoms with van der Waals surface area (Å²) in [5.41, 5.74) is 1.40. The van der Waals surface area contributed by atoms with Gasteiger partial charge in [-0.1, -0.05) is 12.1 Å². The highest BCUT2D eigenvalue weighted by molar-refractivity contribution is 7.99. The van der Waals surface area contributed by atoms with E-state index in [1.165, 1.54) is 12.1 Å². The monoisotopic (exact) mass is 478 g/mol. The van der Waals surface area contributed by atoms with Gasteiger partial charge in [0.25, 0.3) is 0 Å². The molecule has 10 heteroatoms. The molecule has 2 heterocycles. The number of thioether (sulfide) groups is 1. The van der Waals surface area contributed by atoms with E-state index in [1.54, 1.807) is 18.7 Å². The number of carboxylic acids is 1. The van der Waals surface area contributed by atoms with Crippen molar-refractivity contribution in [2.24, 2.45) is 0 Å². The van der Waals surface area contributed by atoms with Crippen LogP contribution in [0.2, 0.25) is 0 Å². The summed E-state index contributed by atoms with van der Waals surface area (Å²) in [5, 5.41) is 12.1. The van der Waals surface area contributed by atoms with Gasteiger partial charge in [-0.25, -0.2) is 4.98 Å². The highest BCUT2D eigenvalue weighted by atomic mass is 32.2. The molecule has 0 aliphatic carbocycles. The summed E-state index contributed by atoms with van der Waals surface area (Å²) in [7, 11) is 0. The number of halogens is 3. The van der Waals surface area contributed by atoms with Crippen molar-refractivity contribution < 1.29 is 32.2 Å². The Hall–Kier alpha value is -2.98. The van der Waals surface area contributed by atoms with E-state index in [2.05, 4.69) is 10.3 Å². The molecule has 1 saturated heterocycles. The van der Waals surface area contributed by atoms with Gasteiger partial charge in [0.05, 0.1) is 23.2 Å². The molecule has 4 rings (SSSR count). The van der Waals surface area contributed by atoms with Crippen molar-refractivity contribution in [3.8, 4) is 17.2 Å². The summed E-state index contributed by atoms with van der Waals surface area (Å²) in [6.07, 6.45) is -3.92. The number of aliphatic carboxylic acids is 1. The van der Waals surface area contributed by atoms with E-state index < -0.39 is 23.8 Å². The van der Waals surface area contributed by atoms with Gasteiger partial charge in [0.2, 0.25) is 5.89 Å². The van der Waals surface area contributed by atoms with Gasteiger partial charge in [-0.15, -0.1) is 11.8 Å². The Morgan fingerprint density at radius 1 is 1.21 bits per heavy atom. The van der Waals surface area contributed by atoms with Crippen LogP contribution in [0.15, 0.2) is 52.9 Å². The van der Waals surface area contributed by atoms with Gasteiger partial charge in [-0.3, -0.25) is 10.1 Å². The second-order valence-electron chi connectivity index (χ2n) is 7.54. The lowest BCUT2D eigenvalue weighted by Gasteiger charge is -2.12. The fraction of sp³-hybridized carbons (Fsp3) is 0.304. The lowest BCUT2D eigenvalue weighted by Crippen LogP contribution is -2.33. The number of nitrogens with zero attached hydrogens (tertiary/aromatic N) is 1. The lowest BCUT2D eigenvalue weighted by atomic mass is 10.1. The Morgan fingerprint density at radius 3 is 2.52 bits per heavy atom. The lowest BCUT2D eigenvalue weighted by molar-refractivity contribution is -0.139. The minimum absolute atomic E-state index is 0.0680. The smallest absolute Gasteiger partial charge is 0.416 e. The van der Waals surface area contributed by atoms with E-state index in [4.69, 9.17) is 14.3 Å². The normalized spacial score (nSPS) is 18.4. The molecule has 2 atom stereocenters. The van der Waals surface area contributed by atoms with Crippen molar-refractivity contribution in [1.82, 2.24) is 10.3 Å². The molecule has 1 fully saturated rings. The van der Waals surface area contributed by atoms with Gasteiger partial charge in [-0.2, -0.15) is 13.2 Å². The number of rotatable bonds is 7. The largest absolute Gasteiger partial charge is 0.493 e. The number of oxazole rings is 1.